The molecule has 1 aliphatic heterocycles. The van der Waals surface area contributed by atoms with Crippen LogP contribution in [0.4, 0.5) is 10.3 Å². The van der Waals surface area contributed by atoms with Crippen LogP contribution in [0.25, 0.3) is 16.9 Å². The molecule has 1 N–H and O–H groups in total. The third-order valence-corrected chi connectivity index (χ3v) is 6.84. The number of hydrogen-bond donors (Lipinski definition) is 1. The first-order valence-electron chi connectivity index (χ1n) is 12.7. The standard InChI is InChI=1S/C30H28ClFN4O3/c1-20-8-14-23(15-9-20)36-18-27(21-10-12-22(31)13-11-21)33-30(36)34-28(37)19-35(17-24-5-4-16-39-24)29(38)25-6-2-3-7-26(25)32/h2-3,6-15,18,24H,4-5,16-17,19H2,1H3,(H,33,34,37). The molecule has 4 aromatic rings. The molecular weight excluding hydrogens is 519 g/mol. The van der Waals surface area contributed by atoms with Gasteiger partial charge in [-0.25, -0.2) is 9.37 Å². The highest BCUT2D eigenvalue weighted by Gasteiger charge is 2.27. The molecule has 1 atom stereocenters. The third kappa shape index (κ3) is 6.35. The smallest absolute Gasteiger partial charge is 0.257 e. The van der Waals surface area contributed by atoms with Crippen LogP contribution >= 0.6 is 11.6 Å². The van der Waals surface area contributed by atoms with Crippen LogP contribution in [0.3, 0.4) is 0 Å². The number of rotatable bonds is 8. The molecule has 1 saturated heterocycles. The Hall–Kier alpha value is -4.01. The van der Waals surface area contributed by atoms with Gasteiger partial charge in [0.25, 0.3) is 5.91 Å². The van der Waals surface area contributed by atoms with Crippen LogP contribution in [-0.2, 0) is 9.53 Å². The van der Waals surface area contributed by atoms with Crippen molar-refractivity contribution in [1.29, 1.82) is 0 Å². The van der Waals surface area contributed by atoms with Crippen molar-refractivity contribution in [3.8, 4) is 16.9 Å². The molecule has 7 nitrogen and oxygen atoms in total. The fourth-order valence-electron chi connectivity index (χ4n) is 4.53. The van der Waals surface area contributed by atoms with Gasteiger partial charge in [-0.3, -0.25) is 19.5 Å². The molecule has 5 rings (SSSR count). The maximum atomic E-state index is 14.5. The monoisotopic (exact) mass is 546 g/mol. The molecule has 1 aromatic heterocycles. The normalized spacial score (nSPS) is 14.8. The SMILES string of the molecule is Cc1ccc(-n2cc(-c3ccc(Cl)cc3)nc2NC(=O)CN(CC2CCCO2)C(=O)c2ccccc2F)cc1. The van der Waals surface area contributed by atoms with Gasteiger partial charge in [-0.15, -0.1) is 0 Å². The van der Waals surface area contributed by atoms with E-state index in [0.29, 0.717) is 23.3 Å². The van der Waals surface area contributed by atoms with E-state index in [0.717, 1.165) is 29.7 Å². The zero-order chi connectivity index (χ0) is 27.4. The zero-order valence-electron chi connectivity index (χ0n) is 21.4. The summed E-state index contributed by atoms with van der Waals surface area (Å²) in [5.41, 5.74) is 3.28. The lowest BCUT2D eigenvalue weighted by Gasteiger charge is -2.25. The van der Waals surface area contributed by atoms with Crippen molar-refractivity contribution in [2.45, 2.75) is 25.9 Å². The topological polar surface area (TPSA) is 76.5 Å². The number of benzene rings is 3. The highest BCUT2D eigenvalue weighted by molar-refractivity contribution is 6.30. The van der Waals surface area contributed by atoms with Gasteiger partial charge in [0.15, 0.2) is 0 Å². The van der Waals surface area contributed by atoms with E-state index in [2.05, 4.69) is 10.3 Å². The number of carbonyl (C=O) groups is 2. The second-order valence-electron chi connectivity index (χ2n) is 9.51. The lowest BCUT2D eigenvalue weighted by Crippen LogP contribution is -2.42. The molecule has 3 aromatic carbocycles. The summed E-state index contributed by atoms with van der Waals surface area (Å²) in [6, 6.07) is 20.8. The van der Waals surface area contributed by atoms with Crippen LogP contribution in [0.15, 0.2) is 79.0 Å². The van der Waals surface area contributed by atoms with Crippen LogP contribution < -0.4 is 5.32 Å². The summed E-state index contributed by atoms with van der Waals surface area (Å²) >= 11 is 6.06. The van der Waals surface area contributed by atoms with Crippen molar-refractivity contribution >= 4 is 29.4 Å². The Kier molecular flexibility index (Phi) is 8.05. The third-order valence-electron chi connectivity index (χ3n) is 6.58. The highest BCUT2D eigenvalue weighted by atomic mass is 35.5. The van der Waals surface area contributed by atoms with Crippen LogP contribution in [0.5, 0.6) is 0 Å². The van der Waals surface area contributed by atoms with Gasteiger partial charge in [0, 0.05) is 35.6 Å². The Labute approximate surface area is 231 Å². The molecule has 9 heteroatoms. The van der Waals surface area contributed by atoms with Crippen LogP contribution in [0.2, 0.25) is 5.02 Å². The molecule has 0 saturated carbocycles. The van der Waals surface area contributed by atoms with Crippen molar-refractivity contribution in [3.05, 3.63) is 101 Å². The van der Waals surface area contributed by atoms with Gasteiger partial charge in [0.05, 0.1) is 17.4 Å². The average molecular weight is 547 g/mol. The molecule has 2 amide bonds. The van der Waals surface area contributed by atoms with Crippen molar-refractivity contribution in [1.82, 2.24) is 14.5 Å². The van der Waals surface area contributed by atoms with Crippen LogP contribution in [0.1, 0.15) is 28.8 Å². The molecule has 1 aliphatic rings. The van der Waals surface area contributed by atoms with Crippen LogP contribution in [0, 0.1) is 12.7 Å². The fraction of sp³-hybridized carbons (Fsp3) is 0.233. The molecular formula is C30H28ClFN4O3. The van der Waals surface area contributed by atoms with E-state index in [1.807, 2.05) is 49.5 Å². The molecule has 0 bridgehead atoms. The summed E-state index contributed by atoms with van der Waals surface area (Å²) in [6.45, 7) is 2.49. The lowest BCUT2D eigenvalue weighted by molar-refractivity contribution is -0.117. The second kappa shape index (κ2) is 11.8. The zero-order valence-corrected chi connectivity index (χ0v) is 22.2. The first-order valence-corrected chi connectivity index (χ1v) is 13.1. The number of nitrogens with zero attached hydrogens (tertiary/aromatic N) is 3. The molecule has 200 valence electrons. The van der Waals surface area contributed by atoms with Crippen LogP contribution in [-0.4, -0.2) is 52.1 Å². The van der Waals surface area contributed by atoms with Crippen molar-refractivity contribution < 1.29 is 18.7 Å². The molecule has 0 aliphatic carbocycles. The summed E-state index contributed by atoms with van der Waals surface area (Å²) in [5.74, 6) is -1.37. The number of hydrogen-bond acceptors (Lipinski definition) is 4. The Morgan fingerprint density at radius 1 is 1.10 bits per heavy atom. The van der Waals surface area contributed by atoms with Gasteiger partial charge in [-0.1, -0.05) is 53.6 Å². The summed E-state index contributed by atoms with van der Waals surface area (Å²) in [4.78, 5) is 32.6. The summed E-state index contributed by atoms with van der Waals surface area (Å²) in [6.07, 6.45) is 3.27. The van der Waals surface area contributed by atoms with E-state index in [-0.39, 0.29) is 24.8 Å². The van der Waals surface area contributed by atoms with E-state index < -0.39 is 17.6 Å². The largest absolute Gasteiger partial charge is 0.376 e. The number of aromatic nitrogens is 2. The average Bonchev–Trinajstić information content (AvgIpc) is 3.59. The first kappa shape index (κ1) is 26.6. The van der Waals surface area contributed by atoms with E-state index in [9.17, 15) is 14.0 Å². The molecule has 1 fully saturated rings. The van der Waals surface area contributed by atoms with E-state index in [1.54, 1.807) is 22.8 Å². The quantitative estimate of drug-likeness (QED) is 0.298. The molecule has 1 unspecified atom stereocenters. The molecule has 0 spiro atoms. The van der Waals surface area contributed by atoms with E-state index >= 15 is 0 Å². The minimum absolute atomic E-state index is 0.0884. The Bertz CT molecular complexity index is 1460. The summed E-state index contributed by atoms with van der Waals surface area (Å²) < 4.78 is 21.9. The Morgan fingerprint density at radius 3 is 2.54 bits per heavy atom. The maximum Gasteiger partial charge on any atom is 0.257 e. The Balaban J connectivity index is 1.42. The van der Waals surface area contributed by atoms with Crippen molar-refractivity contribution in [2.75, 3.05) is 25.0 Å². The number of carbonyl (C=O) groups excluding carboxylic acids is 2. The first-order chi connectivity index (χ1) is 18.9. The van der Waals surface area contributed by atoms with Crippen molar-refractivity contribution in [2.24, 2.45) is 0 Å². The minimum Gasteiger partial charge on any atom is -0.376 e. The number of nitrogens with one attached hydrogen (secondary N) is 1. The second-order valence-corrected chi connectivity index (χ2v) is 9.95. The lowest BCUT2D eigenvalue weighted by atomic mass is 10.1. The van der Waals surface area contributed by atoms with Crippen molar-refractivity contribution in [3.63, 3.8) is 0 Å². The fourth-order valence-corrected chi connectivity index (χ4v) is 4.65. The highest BCUT2D eigenvalue weighted by Crippen LogP contribution is 2.26. The molecule has 0 radical (unpaired) electrons. The molecule has 39 heavy (non-hydrogen) atoms. The van der Waals surface area contributed by atoms with Gasteiger partial charge >= 0.3 is 0 Å². The number of imidazole rings is 1. The number of aryl methyl sites for hydroxylation is 1. The predicted octanol–water partition coefficient (Wildman–Crippen LogP) is 5.90. The van der Waals surface area contributed by atoms with Gasteiger partial charge in [0.1, 0.15) is 12.4 Å². The number of anilines is 1. The van der Waals surface area contributed by atoms with Gasteiger partial charge in [0.2, 0.25) is 11.9 Å². The van der Waals surface area contributed by atoms with Gasteiger partial charge < -0.3 is 9.64 Å². The summed E-state index contributed by atoms with van der Waals surface area (Å²) in [5, 5.41) is 3.47. The van der Waals surface area contributed by atoms with E-state index in [1.165, 1.54) is 23.1 Å². The Morgan fingerprint density at radius 2 is 1.85 bits per heavy atom. The van der Waals surface area contributed by atoms with E-state index in [4.69, 9.17) is 16.3 Å². The minimum atomic E-state index is -0.636. The number of halogens is 2. The van der Waals surface area contributed by atoms with Gasteiger partial charge in [-0.05, 0) is 56.2 Å². The summed E-state index contributed by atoms with van der Waals surface area (Å²) in [7, 11) is 0. The number of amides is 2. The molecule has 2 heterocycles. The number of ether oxygens (including phenoxy) is 1. The predicted molar refractivity (Wildman–Crippen MR) is 149 cm³/mol. The van der Waals surface area contributed by atoms with Gasteiger partial charge in [-0.2, -0.15) is 0 Å². The maximum absolute atomic E-state index is 14.5.